The molecule has 8 heavy (non-hydrogen) atoms. The van der Waals surface area contributed by atoms with Gasteiger partial charge in [0, 0.05) is 6.42 Å². The molecular formula is C6H7ClO. The van der Waals surface area contributed by atoms with Crippen LogP contribution in [0.2, 0.25) is 0 Å². The van der Waals surface area contributed by atoms with Crippen LogP contribution in [0.1, 0.15) is 13.3 Å². The van der Waals surface area contributed by atoms with Crippen molar-refractivity contribution in [3.05, 3.63) is 11.1 Å². The van der Waals surface area contributed by atoms with E-state index in [9.17, 15) is 4.79 Å². The fraction of sp³-hybridized carbons (Fsp3) is 0.500. The first kappa shape index (κ1) is 5.83. The first-order valence-electron chi connectivity index (χ1n) is 2.60. The molecule has 1 aliphatic rings. The van der Waals surface area contributed by atoms with Gasteiger partial charge in [-0.2, -0.15) is 0 Å². The number of Topliss-reactive ketones (excluding diaryl/α,β-unsaturated/α-hetero) is 1. The number of rotatable bonds is 0. The summed E-state index contributed by atoms with van der Waals surface area (Å²) >= 11 is 5.47. The molecule has 0 aromatic carbocycles. The quantitative estimate of drug-likeness (QED) is 0.488. The molecule has 0 radical (unpaired) electrons. The van der Waals surface area contributed by atoms with Crippen LogP contribution in [0.3, 0.4) is 0 Å². The molecule has 0 spiro atoms. The molecule has 0 bridgehead atoms. The van der Waals surface area contributed by atoms with Crippen LogP contribution >= 0.6 is 11.6 Å². The fourth-order valence-corrected chi connectivity index (χ4v) is 1.08. The summed E-state index contributed by atoms with van der Waals surface area (Å²) < 4.78 is 0. The maximum absolute atomic E-state index is 10.6. The Bertz CT molecular complexity index is 149. The van der Waals surface area contributed by atoms with Crippen LogP contribution in [0.5, 0.6) is 0 Å². The highest BCUT2D eigenvalue weighted by Gasteiger charge is 2.17. The molecule has 0 aliphatic heterocycles. The molecule has 1 atom stereocenters. The van der Waals surface area contributed by atoms with Crippen molar-refractivity contribution >= 4 is 17.4 Å². The van der Waals surface area contributed by atoms with Crippen LogP contribution in [-0.4, -0.2) is 5.78 Å². The van der Waals surface area contributed by atoms with Gasteiger partial charge in [0.2, 0.25) is 0 Å². The number of hydrogen-bond acceptors (Lipinski definition) is 1. The fourth-order valence-electron chi connectivity index (χ4n) is 0.792. The molecule has 0 aromatic rings. The highest BCUT2D eigenvalue weighted by molar-refractivity contribution is 6.43. The van der Waals surface area contributed by atoms with Gasteiger partial charge in [0.15, 0.2) is 5.78 Å². The molecule has 1 aliphatic carbocycles. The molecule has 1 rings (SSSR count). The summed E-state index contributed by atoms with van der Waals surface area (Å²) in [5.74, 6) is 0.439. The van der Waals surface area contributed by atoms with E-state index in [2.05, 4.69) is 0 Å². The number of ketones is 1. The van der Waals surface area contributed by atoms with E-state index in [-0.39, 0.29) is 5.78 Å². The lowest BCUT2D eigenvalue weighted by Gasteiger charge is -1.88. The highest BCUT2D eigenvalue weighted by Crippen LogP contribution is 2.22. The lowest BCUT2D eigenvalue weighted by Crippen LogP contribution is -1.91. The van der Waals surface area contributed by atoms with Crippen molar-refractivity contribution in [3.63, 3.8) is 0 Å². The maximum atomic E-state index is 10.6. The molecule has 1 nitrogen and oxygen atoms in total. The van der Waals surface area contributed by atoms with Gasteiger partial charge in [-0.1, -0.05) is 24.6 Å². The van der Waals surface area contributed by atoms with Gasteiger partial charge >= 0.3 is 0 Å². The summed E-state index contributed by atoms with van der Waals surface area (Å²) in [5.41, 5.74) is 0. The Morgan fingerprint density at radius 2 is 2.50 bits per heavy atom. The van der Waals surface area contributed by atoms with Gasteiger partial charge in [0.1, 0.15) is 0 Å². The molecular weight excluding hydrogens is 124 g/mol. The Hall–Kier alpha value is -0.300. The minimum absolute atomic E-state index is 0.0826. The monoisotopic (exact) mass is 130 g/mol. The molecule has 0 saturated carbocycles. The Kier molecular flexibility index (Phi) is 1.39. The number of allylic oxidation sites excluding steroid dienone is 2. The van der Waals surface area contributed by atoms with Gasteiger partial charge in [-0.25, -0.2) is 0 Å². The van der Waals surface area contributed by atoms with Crippen molar-refractivity contribution in [3.8, 4) is 0 Å². The minimum Gasteiger partial charge on any atom is -0.293 e. The summed E-state index contributed by atoms with van der Waals surface area (Å²) in [7, 11) is 0. The summed E-state index contributed by atoms with van der Waals surface area (Å²) in [6.07, 6.45) is 2.39. The van der Waals surface area contributed by atoms with Crippen LogP contribution in [0, 0.1) is 5.92 Å². The van der Waals surface area contributed by atoms with E-state index in [1.165, 1.54) is 0 Å². The molecule has 0 unspecified atom stereocenters. The second kappa shape index (κ2) is 1.90. The standard InChI is InChI=1S/C6H7ClO/c1-4-2-5(7)6(8)3-4/h2,4H,3H2,1H3/t4-/m0/s1. The Morgan fingerprint density at radius 3 is 2.62 bits per heavy atom. The van der Waals surface area contributed by atoms with Crippen molar-refractivity contribution in [2.75, 3.05) is 0 Å². The molecule has 0 heterocycles. The molecule has 0 amide bonds. The Morgan fingerprint density at radius 1 is 1.88 bits per heavy atom. The van der Waals surface area contributed by atoms with Gasteiger partial charge in [0.25, 0.3) is 0 Å². The molecule has 2 heteroatoms. The predicted molar refractivity (Wildman–Crippen MR) is 32.7 cm³/mol. The van der Waals surface area contributed by atoms with E-state index < -0.39 is 0 Å². The third-order valence-electron chi connectivity index (χ3n) is 1.20. The van der Waals surface area contributed by atoms with Crippen molar-refractivity contribution in [1.29, 1.82) is 0 Å². The Labute approximate surface area is 53.3 Å². The van der Waals surface area contributed by atoms with E-state index in [1.54, 1.807) is 6.08 Å². The zero-order chi connectivity index (χ0) is 6.15. The molecule has 0 fully saturated rings. The van der Waals surface area contributed by atoms with Crippen molar-refractivity contribution in [2.24, 2.45) is 5.92 Å². The van der Waals surface area contributed by atoms with Crippen LogP contribution in [0.4, 0.5) is 0 Å². The maximum Gasteiger partial charge on any atom is 0.174 e. The van der Waals surface area contributed by atoms with Gasteiger partial charge in [-0.15, -0.1) is 0 Å². The number of hydrogen-bond donors (Lipinski definition) is 0. The predicted octanol–water partition coefficient (Wildman–Crippen LogP) is 1.72. The van der Waals surface area contributed by atoms with Crippen molar-refractivity contribution in [2.45, 2.75) is 13.3 Å². The largest absolute Gasteiger partial charge is 0.293 e. The SMILES string of the molecule is C[C@H]1C=C(Cl)C(=O)C1. The van der Waals surface area contributed by atoms with Gasteiger partial charge in [-0.3, -0.25) is 4.79 Å². The molecule has 0 saturated heterocycles. The summed E-state index contributed by atoms with van der Waals surface area (Å²) in [6, 6.07) is 0. The molecule has 44 valence electrons. The smallest absolute Gasteiger partial charge is 0.174 e. The molecule has 0 N–H and O–H groups in total. The van der Waals surface area contributed by atoms with E-state index >= 15 is 0 Å². The van der Waals surface area contributed by atoms with E-state index in [1.807, 2.05) is 6.92 Å². The minimum atomic E-state index is 0.0826. The second-order valence-electron chi connectivity index (χ2n) is 2.12. The normalized spacial score (nSPS) is 28.5. The van der Waals surface area contributed by atoms with Gasteiger partial charge in [0.05, 0.1) is 5.03 Å². The van der Waals surface area contributed by atoms with E-state index in [4.69, 9.17) is 11.6 Å². The van der Waals surface area contributed by atoms with Gasteiger partial charge in [-0.05, 0) is 5.92 Å². The lowest BCUT2D eigenvalue weighted by atomic mass is 10.2. The van der Waals surface area contributed by atoms with Crippen LogP contribution < -0.4 is 0 Å². The number of carbonyl (C=O) groups is 1. The summed E-state index contributed by atoms with van der Waals surface area (Å²) in [6.45, 7) is 1.98. The third kappa shape index (κ3) is 0.920. The average Bonchev–Trinajstić information content (AvgIpc) is 1.85. The van der Waals surface area contributed by atoms with Crippen LogP contribution in [-0.2, 0) is 4.79 Å². The van der Waals surface area contributed by atoms with Crippen LogP contribution in [0.15, 0.2) is 11.1 Å². The van der Waals surface area contributed by atoms with Crippen molar-refractivity contribution < 1.29 is 4.79 Å². The first-order chi connectivity index (χ1) is 3.70. The first-order valence-corrected chi connectivity index (χ1v) is 2.98. The third-order valence-corrected chi connectivity index (χ3v) is 1.54. The number of carbonyl (C=O) groups excluding carboxylic acids is 1. The van der Waals surface area contributed by atoms with Crippen LogP contribution in [0.25, 0.3) is 0 Å². The number of halogens is 1. The average molecular weight is 131 g/mol. The van der Waals surface area contributed by atoms with E-state index in [0.29, 0.717) is 17.4 Å². The summed E-state index contributed by atoms with van der Waals surface area (Å²) in [4.78, 5) is 10.6. The zero-order valence-corrected chi connectivity index (χ0v) is 5.40. The second-order valence-corrected chi connectivity index (χ2v) is 2.53. The highest BCUT2D eigenvalue weighted by atomic mass is 35.5. The zero-order valence-electron chi connectivity index (χ0n) is 4.65. The topological polar surface area (TPSA) is 17.1 Å². The van der Waals surface area contributed by atoms with Gasteiger partial charge < -0.3 is 0 Å². The van der Waals surface area contributed by atoms with E-state index in [0.717, 1.165) is 0 Å². The summed E-state index contributed by atoms with van der Waals surface area (Å²) in [5, 5.41) is 0.414. The van der Waals surface area contributed by atoms with Crippen molar-refractivity contribution in [1.82, 2.24) is 0 Å². The Balaban J connectivity index is 2.73. The lowest BCUT2D eigenvalue weighted by molar-refractivity contribution is -0.114. The molecule has 0 aromatic heterocycles.